The lowest BCUT2D eigenvalue weighted by Crippen LogP contribution is -2.33. The molecule has 1 amide bonds. The second-order valence-electron chi connectivity index (χ2n) is 5.42. The van der Waals surface area contributed by atoms with Crippen molar-refractivity contribution in [2.24, 2.45) is 10.6 Å². The van der Waals surface area contributed by atoms with Crippen molar-refractivity contribution in [3.63, 3.8) is 0 Å². The van der Waals surface area contributed by atoms with Gasteiger partial charge in [-0.15, -0.1) is 0 Å². The average Bonchev–Trinajstić information content (AvgIpc) is 2.34. The van der Waals surface area contributed by atoms with Crippen molar-refractivity contribution in [1.82, 2.24) is 5.32 Å². The first-order valence-corrected chi connectivity index (χ1v) is 8.09. The Kier molecular flexibility index (Phi) is 5.18. The average molecular weight is 319 g/mol. The molecule has 0 heterocycles. The van der Waals surface area contributed by atoms with Crippen LogP contribution in [0.2, 0.25) is 5.02 Å². The first-order chi connectivity index (χ1) is 9.05. The molecule has 112 valence electrons. The number of primary sulfonamides is 1. The predicted octanol–water partition coefficient (Wildman–Crippen LogP) is 2.15. The third-order valence-electron chi connectivity index (χ3n) is 3.15. The number of hydrogen-bond acceptors (Lipinski definition) is 3. The Morgan fingerprint density at radius 2 is 1.95 bits per heavy atom. The van der Waals surface area contributed by atoms with Gasteiger partial charge in [0.15, 0.2) is 0 Å². The van der Waals surface area contributed by atoms with Crippen molar-refractivity contribution >= 4 is 27.5 Å². The first-order valence-electron chi connectivity index (χ1n) is 6.17. The van der Waals surface area contributed by atoms with Crippen LogP contribution in [-0.4, -0.2) is 20.9 Å². The molecule has 0 fully saturated rings. The van der Waals surface area contributed by atoms with E-state index in [0.717, 1.165) is 6.42 Å². The molecule has 20 heavy (non-hydrogen) atoms. The molecule has 1 aromatic rings. The molecule has 0 unspecified atom stereocenters. The zero-order valence-electron chi connectivity index (χ0n) is 11.7. The van der Waals surface area contributed by atoms with Crippen LogP contribution in [0.25, 0.3) is 0 Å². The highest BCUT2D eigenvalue weighted by Crippen LogP contribution is 2.20. The SMILES string of the molecule is CCC(C)(C)CNC(=O)c1cc(Cl)cc(S(N)(=O)=O)c1. The molecule has 0 radical (unpaired) electrons. The number of halogens is 1. The molecule has 0 saturated carbocycles. The van der Waals surface area contributed by atoms with Crippen LogP contribution in [0.15, 0.2) is 23.1 Å². The van der Waals surface area contributed by atoms with E-state index in [1.807, 2.05) is 20.8 Å². The minimum absolute atomic E-state index is 0.0307. The quantitative estimate of drug-likeness (QED) is 0.871. The molecule has 0 aliphatic carbocycles. The molecule has 0 saturated heterocycles. The maximum atomic E-state index is 12.0. The van der Waals surface area contributed by atoms with Gasteiger partial charge in [0.1, 0.15) is 0 Å². The fraction of sp³-hybridized carbons (Fsp3) is 0.462. The van der Waals surface area contributed by atoms with Crippen molar-refractivity contribution in [2.45, 2.75) is 32.1 Å². The lowest BCUT2D eigenvalue weighted by molar-refractivity contribution is 0.0935. The standard InChI is InChI=1S/C13H19ClN2O3S/c1-4-13(2,3)8-16-12(17)9-5-10(14)7-11(6-9)20(15,18)19/h5-7H,4,8H2,1-3H3,(H,16,17)(H2,15,18,19). The van der Waals surface area contributed by atoms with Gasteiger partial charge in [-0.1, -0.05) is 32.4 Å². The van der Waals surface area contributed by atoms with E-state index in [0.29, 0.717) is 6.54 Å². The number of nitrogens with one attached hydrogen (secondary N) is 1. The van der Waals surface area contributed by atoms with Crippen molar-refractivity contribution in [3.05, 3.63) is 28.8 Å². The predicted molar refractivity (Wildman–Crippen MR) is 79.2 cm³/mol. The number of nitrogens with two attached hydrogens (primary N) is 1. The molecule has 0 bridgehead atoms. The Morgan fingerprint density at radius 3 is 2.45 bits per heavy atom. The molecular formula is C13H19ClN2O3S. The van der Waals surface area contributed by atoms with E-state index in [1.54, 1.807) is 0 Å². The Labute approximate surface area is 124 Å². The van der Waals surface area contributed by atoms with Gasteiger partial charge in [0.2, 0.25) is 10.0 Å². The largest absolute Gasteiger partial charge is 0.352 e. The molecule has 5 nitrogen and oxygen atoms in total. The van der Waals surface area contributed by atoms with E-state index >= 15 is 0 Å². The normalized spacial score (nSPS) is 12.2. The van der Waals surface area contributed by atoms with Gasteiger partial charge >= 0.3 is 0 Å². The summed E-state index contributed by atoms with van der Waals surface area (Å²) < 4.78 is 22.6. The lowest BCUT2D eigenvalue weighted by Gasteiger charge is -2.22. The van der Waals surface area contributed by atoms with Gasteiger partial charge in [-0.2, -0.15) is 0 Å². The Hall–Kier alpha value is -1.11. The third kappa shape index (κ3) is 4.77. The molecule has 3 N–H and O–H groups in total. The summed E-state index contributed by atoms with van der Waals surface area (Å²) in [5, 5.41) is 7.95. The highest BCUT2D eigenvalue weighted by Gasteiger charge is 2.18. The van der Waals surface area contributed by atoms with Gasteiger partial charge in [-0.25, -0.2) is 13.6 Å². The number of rotatable bonds is 5. The van der Waals surface area contributed by atoms with Crippen molar-refractivity contribution in [3.8, 4) is 0 Å². The summed E-state index contributed by atoms with van der Waals surface area (Å²) in [4.78, 5) is 11.9. The van der Waals surface area contributed by atoms with Gasteiger partial charge in [-0.05, 0) is 30.0 Å². The van der Waals surface area contributed by atoms with Crippen LogP contribution in [-0.2, 0) is 10.0 Å². The molecule has 1 aromatic carbocycles. The fourth-order valence-corrected chi connectivity index (χ4v) is 2.29. The number of amides is 1. The summed E-state index contributed by atoms with van der Waals surface area (Å²) in [5.74, 6) is -0.376. The number of sulfonamides is 1. The Bertz CT molecular complexity index is 612. The Balaban J connectivity index is 2.97. The second-order valence-corrected chi connectivity index (χ2v) is 7.42. The number of carbonyl (C=O) groups excluding carboxylic acids is 1. The van der Waals surface area contributed by atoms with Crippen LogP contribution in [0.4, 0.5) is 0 Å². The molecule has 0 atom stereocenters. The molecule has 0 aliphatic rings. The van der Waals surface area contributed by atoms with Crippen molar-refractivity contribution in [2.75, 3.05) is 6.54 Å². The van der Waals surface area contributed by atoms with Crippen LogP contribution < -0.4 is 10.5 Å². The van der Waals surface area contributed by atoms with E-state index in [-0.39, 0.29) is 26.8 Å². The molecule has 7 heteroatoms. The van der Waals surface area contributed by atoms with E-state index < -0.39 is 10.0 Å². The number of benzene rings is 1. The van der Waals surface area contributed by atoms with Crippen molar-refractivity contribution < 1.29 is 13.2 Å². The summed E-state index contributed by atoms with van der Waals surface area (Å²) in [7, 11) is -3.89. The topological polar surface area (TPSA) is 89.3 Å². The Morgan fingerprint density at radius 1 is 1.35 bits per heavy atom. The maximum Gasteiger partial charge on any atom is 0.251 e. The van der Waals surface area contributed by atoms with Crippen LogP contribution >= 0.6 is 11.6 Å². The molecule has 0 spiro atoms. The molecule has 0 aliphatic heterocycles. The van der Waals surface area contributed by atoms with Crippen molar-refractivity contribution in [1.29, 1.82) is 0 Å². The van der Waals surface area contributed by atoms with E-state index in [1.165, 1.54) is 18.2 Å². The molecular weight excluding hydrogens is 300 g/mol. The highest BCUT2D eigenvalue weighted by molar-refractivity contribution is 7.89. The summed E-state index contributed by atoms with van der Waals surface area (Å²) in [6, 6.07) is 3.84. The second kappa shape index (κ2) is 6.11. The minimum atomic E-state index is -3.89. The summed E-state index contributed by atoms with van der Waals surface area (Å²) >= 11 is 5.82. The van der Waals surface area contributed by atoms with Crippen LogP contribution in [0, 0.1) is 5.41 Å². The maximum absolute atomic E-state index is 12.0. The number of hydrogen-bond donors (Lipinski definition) is 2. The smallest absolute Gasteiger partial charge is 0.251 e. The van der Waals surface area contributed by atoms with Crippen LogP contribution in [0.5, 0.6) is 0 Å². The lowest BCUT2D eigenvalue weighted by atomic mass is 9.90. The van der Waals surface area contributed by atoms with E-state index in [2.05, 4.69) is 5.32 Å². The van der Waals surface area contributed by atoms with E-state index in [4.69, 9.17) is 16.7 Å². The van der Waals surface area contributed by atoms with E-state index in [9.17, 15) is 13.2 Å². The van der Waals surface area contributed by atoms with Crippen LogP contribution in [0.1, 0.15) is 37.6 Å². The zero-order valence-corrected chi connectivity index (χ0v) is 13.3. The third-order valence-corrected chi connectivity index (χ3v) is 4.26. The summed E-state index contributed by atoms with van der Waals surface area (Å²) in [6.07, 6.45) is 0.908. The highest BCUT2D eigenvalue weighted by atomic mass is 35.5. The fourth-order valence-electron chi connectivity index (χ4n) is 1.40. The zero-order chi connectivity index (χ0) is 15.6. The molecule has 1 rings (SSSR count). The monoisotopic (exact) mass is 318 g/mol. The molecule has 0 aromatic heterocycles. The summed E-state index contributed by atoms with van der Waals surface area (Å²) in [6.45, 7) is 6.58. The summed E-state index contributed by atoms with van der Waals surface area (Å²) in [5.41, 5.74) is 0.144. The van der Waals surface area contributed by atoms with Gasteiger partial charge in [0.05, 0.1) is 4.90 Å². The number of carbonyl (C=O) groups is 1. The van der Waals surface area contributed by atoms with Crippen LogP contribution in [0.3, 0.4) is 0 Å². The van der Waals surface area contributed by atoms with Gasteiger partial charge in [0.25, 0.3) is 5.91 Å². The van der Waals surface area contributed by atoms with Gasteiger partial charge in [-0.3, -0.25) is 4.79 Å². The van der Waals surface area contributed by atoms with Gasteiger partial charge < -0.3 is 5.32 Å². The van der Waals surface area contributed by atoms with Gasteiger partial charge in [0, 0.05) is 17.1 Å². The minimum Gasteiger partial charge on any atom is -0.352 e. The first kappa shape index (κ1) is 16.9.